The minimum absolute atomic E-state index is 0.112. The predicted molar refractivity (Wildman–Crippen MR) is 61.8 cm³/mol. The standard InChI is InChI=1S/C11H13NO4S/c13-7-4-9(11(15)16)12(6-7)10(14)5-8-2-1-3-17-8/h1-3,7,9,13H,4-6H2,(H,15,16)/t7?,9-/m0/s1. The van der Waals surface area contributed by atoms with Crippen LogP contribution in [0.4, 0.5) is 0 Å². The van der Waals surface area contributed by atoms with Gasteiger partial charge in [0.05, 0.1) is 12.5 Å². The lowest BCUT2D eigenvalue weighted by Gasteiger charge is -2.20. The quantitative estimate of drug-likeness (QED) is 0.816. The molecule has 0 aliphatic carbocycles. The molecule has 6 heteroatoms. The maximum Gasteiger partial charge on any atom is 0.326 e. The van der Waals surface area contributed by atoms with Crippen LogP contribution in [-0.4, -0.2) is 45.7 Å². The molecule has 2 rings (SSSR count). The van der Waals surface area contributed by atoms with Crippen LogP contribution in [0.2, 0.25) is 0 Å². The van der Waals surface area contributed by atoms with E-state index < -0.39 is 18.1 Å². The number of thiophene rings is 1. The Labute approximate surface area is 102 Å². The maximum atomic E-state index is 11.9. The van der Waals surface area contributed by atoms with Gasteiger partial charge in [-0.25, -0.2) is 4.79 Å². The van der Waals surface area contributed by atoms with Crippen molar-refractivity contribution in [3.05, 3.63) is 22.4 Å². The Bertz CT molecular complexity index is 417. The first-order valence-corrected chi connectivity index (χ1v) is 6.18. The summed E-state index contributed by atoms with van der Waals surface area (Å²) in [6.07, 6.45) is -0.414. The number of aliphatic hydroxyl groups excluding tert-OH is 1. The van der Waals surface area contributed by atoms with Crippen molar-refractivity contribution >= 4 is 23.2 Å². The van der Waals surface area contributed by atoms with Gasteiger partial charge < -0.3 is 15.1 Å². The number of carbonyl (C=O) groups excluding carboxylic acids is 1. The summed E-state index contributed by atoms with van der Waals surface area (Å²) in [5.41, 5.74) is 0. The summed E-state index contributed by atoms with van der Waals surface area (Å²) in [5.74, 6) is -1.29. The summed E-state index contributed by atoms with van der Waals surface area (Å²) >= 11 is 1.46. The van der Waals surface area contributed by atoms with Crippen LogP contribution in [0.1, 0.15) is 11.3 Å². The molecule has 1 aromatic heterocycles. The molecule has 1 saturated heterocycles. The molecule has 1 aliphatic rings. The highest BCUT2D eigenvalue weighted by Crippen LogP contribution is 2.20. The monoisotopic (exact) mass is 255 g/mol. The predicted octanol–water partition coefficient (Wildman–Crippen LogP) is 0.337. The van der Waals surface area contributed by atoms with E-state index in [-0.39, 0.29) is 25.3 Å². The number of carboxylic acid groups (broad SMARTS) is 1. The van der Waals surface area contributed by atoms with E-state index in [1.54, 1.807) is 0 Å². The van der Waals surface area contributed by atoms with Crippen LogP contribution in [0, 0.1) is 0 Å². The lowest BCUT2D eigenvalue weighted by Crippen LogP contribution is -2.41. The number of rotatable bonds is 3. The number of nitrogens with zero attached hydrogens (tertiary/aromatic N) is 1. The Hall–Kier alpha value is -1.40. The summed E-state index contributed by atoms with van der Waals surface area (Å²) in [4.78, 5) is 25.1. The van der Waals surface area contributed by atoms with Crippen molar-refractivity contribution in [2.45, 2.75) is 25.0 Å². The molecular formula is C11H13NO4S. The van der Waals surface area contributed by atoms with E-state index in [0.29, 0.717) is 0 Å². The molecule has 0 spiro atoms. The summed E-state index contributed by atoms with van der Waals surface area (Å²) in [7, 11) is 0. The molecule has 92 valence electrons. The molecule has 17 heavy (non-hydrogen) atoms. The molecule has 0 radical (unpaired) electrons. The van der Waals surface area contributed by atoms with Gasteiger partial charge in [0.1, 0.15) is 6.04 Å². The highest BCUT2D eigenvalue weighted by Gasteiger charge is 2.38. The summed E-state index contributed by atoms with van der Waals surface area (Å²) in [6, 6.07) is 2.79. The molecule has 2 atom stereocenters. The molecular weight excluding hydrogens is 242 g/mol. The van der Waals surface area contributed by atoms with Gasteiger partial charge in [-0.05, 0) is 11.4 Å². The molecule has 1 aromatic rings. The van der Waals surface area contributed by atoms with Gasteiger partial charge in [0.2, 0.25) is 5.91 Å². The van der Waals surface area contributed by atoms with E-state index >= 15 is 0 Å². The third kappa shape index (κ3) is 2.65. The number of carboxylic acids is 1. The van der Waals surface area contributed by atoms with Gasteiger partial charge >= 0.3 is 5.97 Å². The SMILES string of the molecule is O=C(O)[C@@H]1CC(O)CN1C(=O)Cc1cccs1. The molecule has 0 aromatic carbocycles. The van der Waals surface area contributed by atoms with Crippen molar-refractivity contribution in [3.8, 4) is 0 Å². The fraction of sp³-hybridized carbons (Fsp3) is 0.455. The van der Waals surface area contributed by atoms with Crippen molar-refractivity contribution in [3.63, 3.8) is 0 Å². The van der Waals surface area contributed by atoms with Gasteiger partial charge in [0, 0.05) is 17.8 Å². The van der Waals surface area contributed by atoms with Crippen molar-refractivity contribution in [1.29, 1.82) is 0 Å². The lowest BCUT2D eigenvalue weighted by atomic mass is 10.2. The molecule has 2 N–H and O–H groups in total. The Morgan fingerprint density at radius 2 is 2.29 bits per heavy atom. The molecule has 0 saturated carbocycles. The third-order valence-corrected chi connectivity index (χ3v) is 3.67. The number of amides is 1. The zero-order valence-corrected chi connectivity index (χ0v) is 9.89. The lowest BCUT2D eigenvalue weighted by molar-refractivity contribution is -0.147. The topological polar surface area (TPSA) is 77.8 Å². The van der Waals surface area contributed by atoms with Gasteiger partial charge in [-0.3, -0.25) is 4.79 Å². The van der Waals surface area contributed by atoms with Crippen molar-refractivity contribution in [2.75, 3.05) is 6.54 Å². The minimum atomic E-state index is -1.05. The second-order valence-corrected chi connectivity index (χ2v) is 5.08. The fourth-order valence-corrected chi connectivity index (χ4v) is 2.68. The summed E-state index contributed by atoms with van der Waals surface area (Å²) in [6.45, 7) is 0.112. The highest BCUT2D eigenvalue weighted by molar-refractivity contribution is 7.10. The number of aliphatic carboxylic acids is 1. The van der Waals surface area contributed by atoms with Crippen molar-refractivity contribution < 1.29 is 19.8 Å². The fourth-order valence-electron chi connectivity index (χ4n) is 1.99. The molecule has 1 amide bonds. The smallest absolute Gasteiger partial charge is 0.326 e. The van der Waals surface area contributed by atoms with Crippen LogP contribution in [0.5, 0.6) is 0 Å². The van der Waals surface area contributed by atoms with Crippen LogP contribution >= 0.6 is 11.3 Å². The normalized spacial score (nSPS) is 23.9. The Morgan fingerprint density at radius 1 is 1.53 bits per heavy atom. The van der Waals surface area contributed by atoms with Crippen molar-refractivity contribution in [1.82, 2.24) is 4.90 Å². The van der Waals surface area contributed by atoms with Crippen LogP contribution < -0.4 is 0 Å². The van der Waals surface area contributed by atoms with Crippen molar-refractivity contribution in [2.24, 2.45) is 0 Å². The number of likely N-dealkylation sites (tertiary alicyclic amines) is 1. The molecule has 5 nitrogen and oxygen atoms in total. The molecule has 1 fully saturated rings. The zero-order chi connectivity index (χ0) is 12.4. The average Bonchev–Trinajstić information content (AvgIpc) is 2.86. The maximum absolute atomic E-state index is 11.9. The highest BCUT2D eigenvalue weighted by atomic mass is 32.1. The Kier molecular flexibility index (Phi) is 3.44. The number of hydrogen-bond acceptors (Lipinski definition) is 4. The number of β-amino-alcohol motifs (C(OH)–C–C–N with tert-alkyl or cyclic N) is 1. The van der Waals surface area contributed by atoms with Crippen LogP contribution in [0.25, 0.3) is 0 Å². The van der Waals surface area contributed by atoms with E-state index in [9.17, 15) is 14.7 Å². The van der Waals surface area contributed by atoms with E-state index in [1.165, 1.54) is 16.2 Å². The summed E-state index contributed by atoms with van der Waals surface area (Å²) < 4.78 is 0. The van der Waals surface area contributed by atoms with Crippen LogP contribution in [0.3, 0.4) is 0 Å². The van der Waals surface area contributed by atoms with Gasteiger partial charge in [-0.15, -0.1) is 11.3 Å². The second-order valence-electron chi connectivity index (χ2n) is 4.05. The van der Waals surface area contributed by atoms with Gasteiger partial charge in [-0.1, -0.05) is 6.07 Å². The van der Waals surface area contributed by atoms with E-state index in [1.807, 2.05) is 17.5 Å². The van der Waals surface area contributed by atoms with Crippen LogP contribution in [-0.2, 0) is 16.0 Å². The van der Waals surface area contributed by atoms with Gasteiger partial charge in [0.25, 0.3) is 0 Å². The van der Waals surface area contributed by atoms with E-state index in [4.69, 9.17) is 5.11 Å². The van der Waals surface area contributed by atoms with Gasteiger partial charge in [0.15, 0.2) is 0 Å². The Morgan fingerprint density at radius 3 is 2.88 bits per heavy atom. The largest absolute Gasteiger partial charge is 0.480 e. The average molecular weight is 255 g/mol. The number of hydrogen-bond donors (Lipinski definition) is 2. The number of aliphatic hydroxyl groups is 1. The molecule has 0 bridgehead atoms. The molecule has 1 unspecified atom stereocenters. The zero-order valence-electron chi connectivity index (χ0n) is 9.07. The van der Waals surface area contributed by atoms with Crippen LogP contribution in [0.15, 0.2) is 17.5 Å². The first-order valence-electron chi connectivity index (χ1n) is 5.30. The van der Waals surface area contributed by atoms with Gasteiger partial charge in [-0.2, -0.15) is 0 Å². The number of carbonyl (C=O) groups is 2. The second kappa shape index (κ2) is 4.85. The summed E-state index contributed by atoms with van der Waals surface area (Å²) in [5, 5.41) is 20.3. The first kappa shape index (κ1) is 12.1. The minimum Gasteiger partial charge on any atom is -0.480 e. The molecule has 2 heterocycles. The first-order chi connectivity index (χ1) is 8.08. The third-order valence-electron chi connectivity index (χ3n) is 2.79. The van der Waals surface area contributed by atoms with E-state index in [0.717, 1.165) is 4.88 Å². The molecule has 1 aliphatic heterocycles. The Balaban J connectivity index is 2.05. The van der Waals surface area contributed by atoms with E-state index in [2.05, 4.69) is 0 Å².